The monoisotopic (exact) mass is 452 g/mol. The zero-order valence-corrected chi connectivity index (χ0v) is 17.6. The molecule has 0 unspecified atom stereocenters. The fraction of sp³-hybridized carbons (Fsp3) is 0.0870. The Kier molecular flexibility index (Phi) is 5.90. The van der Waals surface area contributed by atoms with Gasteiger partial charge < -0.3 is 25.3 Å². The number of nitrogens with one attached hydrogen (secondary N) is 1. The molecule has 0 fully saturated rings. The number of carbonyl (C=O) groups excluding carboxylic acids is 1. The number of aromatic nitrogens is 2. The summed E-state index contributed by atoms with van der Waals surface area (Å²) >= 11 is 0. The Morgan fingerprint density at radius 3 is 2.36 bits per heavy atom. The molecule has 0 spiro atoms. The number of ether oxygens (including phenoxy) is 3. The number of benzene rings is 2. The summed E-state index contributed by atoms with van der Waals surface area (Å²) in [6, 6.07) is 7.98. The second-order valence-electron chi connectivity index (χ2n) is 6.82. The van der Waals surface area contributed by atoms with Crippen LogP contribution in [-0.2, 0) is 0 Å². The van der Waals surface area contributed by atoms with Crippen molar-refractivity contribution in [3.05, 3.63) is 72.2 Å². The fourth-order valence-corrected chi connectivity index (χ4v) is 3.20. The van der Waals surface area contributed by atoms with Gasteiger partial charge >= 0.3 is 0 Å². The van der Waals surface area contributed by atoms with E-state index in [4.69, 9.17) is 19.9 Å². The van der Waals surface area contributed by atoms with Crippen LogP contribution in [0.3, 0.4) is 0 Å². The molecule has 2 aromatic heterocycles. The van der Waals surface area contributed by atoms with Crippen molar-refractivity contribution in [1.29, 1.82) is 0 Å². The summed E-state index contributed by atoms with van der Waals surface area (Å²) in [7, 11) is 2.86. The Bertz CT molecular complexity index is 1340. The summed E-state index contributed by atoms with van der Waals surface area (Å²) in [4.78, 5) is 20.6. The predicted octanol–water partition coefficient (Wildman–Crippen LogP) is 4.55. The van der Waals surface area contributed by atoms with E-state index < -0.39 is 23.3 Å². The molecular formula is C23H18F2N4O4. The predicted molar refractivity (Wildman–Crippen MR) is 118 cm³/mol. The highest BCUT2D eigenvalue weighted by Crippen LogP contribution is 2.36. The van der Waals surface area contributed by atoms with E-state index in [0.717, 1.165) is 12.1 Å². The standard InChI is InChI=1S/C23H18F2N4O4/c1-31-19-3-5-27-11-14(19)23(30)29-12-7-15(24)22(16(25)8-12)33-20-4-6-28-18-10-21(32-2)17(26)9-13(18)20/h3-11H,26H2,1-2H3,(H,29,30). The third-order valence-corrected chi connectivity index (χ3v) is 4.77. The number of nitrogens with two attached hydrogens (primary N) is 1. The number of amides is 1. The lowest BCUT2D eigenvalue weighted by atomic mass is 10.1. The van der Waals surface area contributed by atoms with E-state index in [-0.39, 0.29) is 22.7 Å². The highest BCUT2D eigenvalue weighted by molar-refractivity contribution is 6.06. The molecule has 33 heavy (non-hydrogen) atoms. The van der Waals surface area contributed by atoms with Crippen LogP contribution in [0.1, 0.15) is 10.4 Å². The number of nitrogen functional groups attached to an aromatic ring is 1. The van der Waals surface area contributed by atoms with Gasteiger partial charge in [-0.3, -0.25) is 14.8 Å². The van der Waals surface area contributed by atoms with Crippen LogP contribution in [0.4, 0.5) is 20.2 Å². The molecule has 2 heterocycles. The van der Waals surface area contributed by atoms with Gasteiger partial charge in [-0.2, -0.15) is 0 Å². The van der Waals surface area contributed by atoms with Crippen molar-refractivity contribution in [2.24, 2.45) is 0 Å². The molecule has 4 aromatic rings. The van der Waals surface area contributed by atoms with Crippen molar-refractivity contribution in [1.82, 2.24) is 9.97 Å². The molecule has 1 amide bonds. The zero-order chi connectivity index (χ0) is 23.5. The minimum absolute atomic E-state index is 0.109. The molecule has 0 bridgehead atoms. The Labute approximate surface area is 186 Å². The average molecular weight is 452 g/mol. The maximum Gasteiger partial charge on any atom is 0.261 e. The van der Waals surface area contributed by atoms with E-state index in [1.165, 1.54) is 44.9 Å². The molecule has 3 N–H and O–H groups in total. The molecule has 2 aromatic carbocycles. The third kappa shape index (κ3) is 4.31. The minimum Gasteiger partial charge on any atom is -0.496 e. The first-order valence-electron chi connectivity index (χ1n) is 9.59. The summed E-state index contributed by atoms with van der Waals surface area (Å²) in [5.41, 5.74) is 6.72. The zero-order valence-electron chi connectivity index (χ0n) is 17.6. The van der Waals surface area contributed by atoms with Crippen LogP contribution in [0, 0.1) is 11.6 Å². The van der Waals surface area contributed by atoms with E-state index in [0.29, 0.717) is 22.3 Å². The van der Waals surface area contributed by atoms with Crippen LogP contribution in [0.5, 0.6) is 23.0 Å². The largest absolute Gasteiger partial charge is 0.496 e. The number of hydrogen-bond donors (Lipinski definition) is 2. The number of rotatable bonds is 6. The topological polar surface area (TPSA) is 109 Å². The molecule has 8 nitrogen and oxygen atoms in total. The van der Waals surface area contributed by atoms with Gasteiger partial charge in [0.1, 0.15) is 17.2 Å². The number of anilines is 2. The van der Waals surface area contributed by atoms with E-state index in [1.807, 2.05) is 0 Å². The van der Waals surface area contributed by atoms with Crippen molar-refractivity contribution in [2.45, 2.75) is 0 Å². The molecule has 0 aliphatic rings. The van der Waals surface area contributed by atoms with Gasteiger partial charge in [-0.15, -0.1) is 0 Å². The van der Waals surface area contributed by atoms with Gasteiger partial charge in [-0.1, -0.05) is 0 Å². The lowest BCUT2D eigenvalue weighted by Crippen LogP contribution is -2.14. The lowest BCUT2D eigenvalue weighted by molar-refractivity contribution is 0.102. The van der Waals surface area contributed by atoms with Crippen molar-refractivity contribution in [2.75, 3.05) is 25.3 Å². The second-order valence-corrected chi connectivity index (χ2v) is 6.82. The van der Waals surface area contributed by atoms with Gasteiger partial charge in [0.2, 0.25) is 0 Å². The van der Waals surface area contributed by atoms with Crippen molar-refractivity contribution >= 4 is 28.2 Å². The fourth-order valence-electron chi connectivity index (χ4n) is 3.20. The van der Waals surface area contributed by atoms with Crippen LogP contribution in [-0.4, -0.2) is 30.1 Å². The summed E-state index contributed by atoms with van der Waals surface area (Å²) in [5, 5.41) is 2.86. The molecule has 0 atom stereocenters. The Hall–Kier alpha value is -4.47. The SMILES string of the molecule is COc1cc2nccc(Oc3c(F)cc(NC(=O)c4cnccc4OC)cc3F)c2cc1N. The lowest BCUT2D eigenvalue weighted by Gasteiger charge is -2.13. The maximum absolute atomic E-state index is 14.8. The van der Waals surface area contributed by atoms with E-state index in [9.17, 15) is 13.6 Å². The van der Waals surface area contributed by atoms with E-state index in [1.54, 1.807) is 12.1 Å². The summed E-state index contributed by atoms with van der Waals surface area (Å²) in [6.45, 7) is 0. The summed E-state index contributed by atoms with van der Waals surface area (Å²) < 4.78 is 45.4. The molecule has 0 aliphatic heterocycles. The van der Waals surface area contributed by atoms with E-state index >= 15 is 0 Å². The van der Waals surface area contributed by atoms with Crippen LogP contribution >= 0.6 is 0 Å². The van der Waals surface area contributed by atoms with Gasteiger partial charge in [0, 0.05) is 47.9 Å². The minimum atomic E-state index is -1.02. The number of pyridine rings is 2. The van der Waals surface area contributed by atoms with Gasteiger partial charge in [0.05, 0.1) is 31.0 Å². The Balaban J connectivity index is 1.63. The molecule has 0 aliphatic carbocycles. The van der Waals surface area contributed by atoms with Crippen molar-refractivity contribution < 1.29 is 27.8 Å². The summed E-state index contributed by atoms with van der Waals surface area (Å²) in [5.74, 6) is -2.50. The van der Waals surface area contributed by atoms with Gasteiger partial charge in [-0.05, 0) is 18.2 Å². The molecule has 0 saturated carbocycles. The molecular weight excluding hydrogens is 434 g/mol. The smallest absolute Gasteiger partial charge is 0.261 e. The molecule has 168 valence electrons. The molecule has 0 saturated heterocycles. The highest BCUT2D eigenvalue weighted by Gasteiger charge is 2.19. The third-order valence-electron chi connectivity index (χ3n) is 4.77. The highest BCUT2D eigenvalue weighted by atomic mass is 19.1. The Morgan fingerprint density at radius 2 is 1.67 bits per heavy atom. The van der Waals surface area contributed by atoms with Gasteiger partial charge in [0.25, 0.3) is 5.91 Å². The normalized spacial score (nSPS) is 10.7. The van der Waals surface area contributed by atoms with Crippen LogP contribution in [0.2, 0.25) is 0 Å². The van der Waals surface area contributed by atoms with Gasteiger partial charge in [-0.25, -0.2) is 8.78 Å². The van der Waals surface area contributed by atoms with Crippen molar-refractivity contribution in [3.8, 4) is 23.0 Å². The Morgan fingerprint density at radius 1 is 0.970 bits per heavy atom. The summed E-state index contributed by atoms with van der Waals surface area (Å²) in [6.07, 6.45) is 4.17. The van der Waals surface area contributed by atoms with Crippen molar-refractivity contribution in [3.63, 3.8) is 0 Å². The number of nitrogens with zero attached hydrogens (tertiary/aromatic N) is 2. The number of methoxy groups -OCH3 is 2. The number of carbonyl (C=O) groups is 1. The van der Waals surface area contributed by atoms with Crippen LogP contribution < -0.4 is 25.3 Å². The second kappa shape index (κ2) is 8.95. The van der Waals surface area contributed by atoms with Crippen LogP contribution in [0.25, 0.3) is 10.9 Å². The first-order valence-corrected chi connectivity index (χ1v) is 9.59. The first-order chi connectivity index (χ1) is 15.9. The average Bonchev–Trinajstić information content (AvgIpc) is 2.81. The maximum atomic E-state index is 14.8. The van der Waals surface area contributed by atoms with Crippen LogP contribution in [0.15, 0.2) is 55.0 Å². The molecule has 0 radical (unpaired) electrons. The van der Waals surface area contributed by atoms with E-state index in [2.05, 4.69) is 15.3 Å². The first kappa shape index (κ1) is 21.8. The van der Waals surface area contributed by atoms with Gasteiger partial charge in [0.15, 0.2) is 17.4 Å². The number of hydrogen-bond acceptors (Lipinski definition) is 7. The quantitative estimate of drug-likeness (QED) is 0.413. The number of halogens is 2. The number of fused-ring (bicyclic) bond motifs is 1. The molecule has 10 heteroatoms. The molecule has 4 rings (SSSR count).